The molecule has 2 heterocycles. The molecule has 7 nitrogen and oxygen atoms in total. The van der Waals surface area contributed by atoms with Crippen LogP contribution in [0, 0.1) is 5.82 Å². The molecule has 3 atom stereocenters. The Morgan fingerprint density at radius 3 is 2.77 bits per heavy atom. The van der Waals surface area contributed by atoms with Gasteiger partial charge >= 0.3 is 5.97 Å². The van der Waals surface area contributed by atoms with E-state index in [1.54, 1.807) is 4.90 Å². The molecule has 1 saturated carbocycles. The number of nitrogens with zero attached hydrogens (tertiary/aromatic N) is 2. The highest BCUT2D eigenvalue weighted by molar-refractivity contribution is 5.97. The van der Waals surface area contributed by atoms with E-state index in [9.17, 15) is 19.1 Å². The number of carboxylic acid groups (broad SMARTS) is 1. The first-order valence-corrected chi connectivity index (χ1v) is 9.81. The molecule has 9 heteroatoms. The van der Waals surface area contributed by atoms with Crippen LogP contribution in [0.15, 0.2) is 28.7 Å². The van der Waals surface area contributed by atoms with Crippen LogP contribution >= 0.6 is 0 Å². The van der Waals surface area contributed by atoms with Crippen molar-refractivity contribution in [3.05, 3.63) is 45.5 Å². The van der Waals surface area contributed by atoms with Gasteiger partial charge in [0, 0.05) is 25.7 Å². The number of allylic oxidation sites excluding steroid dienone is 1. The summed E-state index contributed by atoms with van der Waals surface area (Å²) < 4.78 is 36.2. The third-order valence-corrected chi connectivity index (χ3v) is 6.44. The summed E-state index contributed by atoms with van der Waals surface area (Å²) in [5, 5.41) is 9.26. The minimum atomic E-state index is -1.44. The van der Waals surface area contributed by atoms with Gasteiger partial charge in [-0.05, 0) is 24.5 Å². The fourth-order valence-electron chi connectivity index (χ4n) is 4.82. The first kappa shape index (κ1) is 19.0. The molecule has 1 aliphatic heterocycles. The van der Waals surface area contributed by atoms with Crippen molar-refractivity contribution in [3.8, 4) is 5.75 Å². The second kappa shape index (κ2) is 6.28. The second-order valence-electron chi connectivity index (χ2n) is 8.32. The summed E-state index contributed by atoms with van der Waals surface area (Å²) >= 11 is 0. The molecule has 1 unspecified atom stereocenters. The third-order valence-electron chi connectivity index (χ3n) is 6.44. The molecule has 3 aliphatic rings. The summed E-state index contributed by atoms with van der Waals surface area (Å²) in [4.78, 5) is 26.1. The number of rotatable bonds is 4. The SMILES string of the molecule is COc1c(N2CC3=CCCC3(N)C2)c(F)cc2c(=O)c(C(=O)O)cn([C@@H]3C[C@@H]3F)c12. The van der Waals surface area contributed by atoms with Gasteiger partial charge in [-0.2, -0.15) is 0 Å². The number of methoxy groups -OCH3 is 1. The van der Waals surface area contributed by atoms with Gasteiger partial charge < -0.3 is 25.0 Å². The molecule has 1 aromatic carbocycles. The predicted octanol–water partition coefficient (Wildman–Crippen LogP) is 2.37. The minimum absolute atomic E-state index is 0.0855. The van der Waals surface area contributed by atoms with E-state index in [0.717, 1.165) is 30.7 Å². The van der Waals surface area contributed by atoms with Crippen LogP contribution in [0.5, 0.6) is 5.75 Å². The zero-order valence-electron chi connectivity index (χ0n) is 16.3. The Labute approximate surface area is 170 Å². The van der Waals surface area contributed by atoms with Gasteiger partial charge in [0.25, 0.3) is 0 Å². The summed E-state index contributed by atoms with van der Waals surface area (Å²) in [6, 6.07) is 0.402. The van der Waals surface area contributed by atoms with Crippen molar-refractivity contribution in [2.45, 2.75) is 37.0 Å². The maximum atomic E-state index is 15.3. The summed E-state index contributed by atoms with van der Waals surface area (Å²) in [6.07, 6.45) is 3.88. The highest BCUT2D eigenvalue weighted by atomic mass is 19.1. The number of hydrogen-bond donors (Lipinski definition) is 2. The van der Waals surface area contributed by atoms with Gasteiger partial charge in [-0.25, -0.2) is 13.6 Å². The molecule has 0 radical (unpaired) electrons. The number of aromatic carboxylic acids is 1. The zero-order chi connectivity index (χ0) is 21.4. The number of alkyl halides is 1. The number of anilines is 1. The molecule has 2 aliphatic carbocycles. The molecule has 2 aromatic rings. The van der Waals surface area contributed by atoms with Crippen LogP contribution < -0.4 is 20.8 Å². The Balaban J connectivity index is 1.78. The lowest BCUT2D eigenvalue weighted by molar-refractivity contribution is 0.0694. The molecule has 3 N–H and O–H groups in total. The van der Waals surface area contributed by atoms with Crippen molar-refractivity contribution in [2.75, 3.05) is 25.1 Å². The number of hydrogen-bond acceptors (Lipinski definition) is 5. The molecular weight excluding hydrogens is 396 g/mol. The summed E-state index contributed by atoms with van der Waals surface area (Å²) in [5.74, 6) is -2.07. The highest BCUT2D eigenvalue weighted by Crippen LogP contribution is 2.47. The first-order valence-electron chi connectivity index (χ1n) is 9.81. The van der Waals surface area contributed by atoms with Gasteiger partial charge in [-0.1, -0.05) is 6.08 Å². The monoisotopic (exact) mass is 417 g/mol. The Hall–Kier alpha value is -2.94. The van der Waals surface area contributed by atoms with E-state index in [2.05, 4.69) is 6.08 Å². The maximum Gasteiger partial charge on any atom is 0.341 e. The van der Waals surface area contributed by atoms with Crippen molar-refractivity contribution >= 4 is 22.6 Å². The third kappa shape index (κ3) is 2.57. The van der Waals surface area contributed by atoms with Gasteiger partial charge in [0.2, 0.25) is 5.43 Å². The Kier molecular flexibility index (Phi) is 3.99. The van der Waals surface area contributed by atoms with Gasteiger partial charge in [0.15, 0.2) is 11.6 Å². The van der Waals surface area contributed by atoms with Crippen molar-refractivity contribution in [1.82, 2.24) is 4.57 Å². The fourth-order valence-corrected chi connectivity index (χ4v) is 4.82. The predicted molar refractivity (Wildman–Crippen MR) is 107 cm³/mol. The Bertz CT molecular complexity index is 1190. The van der Waals surface area contributed by atoms with Crippen LogP contribution in [-0.2, 0) is 0 Å². The lowest BCUT2D eigenvalue weighted by atomic mass is 9.96. The van der Waals surface area contributed by atoms with Gasteiger partial charge in [-0.15, -0.1) is 0 Å². The molecule has 2 fully saturated rings. The molecule has 0 amide bonds. The lowest BCUT2D eigenvalue weighted by Crippen LogP contribution is -2.42. The second-order valence-corrected chi connectivity index (χ2v) is 8.32. The number of benzene rings is 1. The normalized spacial score (nSPS) is 27.3. The largest absolute Gasteiger partial charge is 0.492 e. The van der Waals surface area contributed by atoms with Crippen LogP contribution in [-0.4, -0.2) is 47.6 Å². The maximum absolute atomic E-state index is 15.3. The van der Waals surface area contributed by atoms with Crippen molar-refractivity contribution in [2.24, 2.45) is 5.73 Å². The number of nitrogens with two attached hydrogens (primary N) is 1. The summed E-state index contributed by atoms with van der Waals surface area (Å²) in [6.45, 7) is 0.826. The molecule has 1 saturated heterocycles. The van der Waals surface area contributed by atoms with E-state index in [0.29, 0.717) is 13.1 Å². The summed E-state index contributed by atoms with van der Waals surface area (Å²) in [7, 11) is 1.35. The molecule has 5 rings (SSSR count). The van der Waals surface area contributed by atoms with Crippen molar-refractivity contribution in [3.63, 3.8) is 0 Å². The number of halogens is 2. The standard InChI is InChI=1S/C21H21F2N3O4/c1-30-19-16-11(18(27)12(20(28)29)8-26(16)15-6-13(15)22)5-14(23)17(19)25-7-10-3-2-4-21(10,24)9-25/h3,5,8,13,15H,2,4,6-7,9,24H2,1H3,(H,28,29)/t13-,15+,21?/m0/s1. The number of ether oxygens (including phenoxy) is 1. The fraction of sp³-hybridized carbons (Fsp3) is 0.429. The average molecular weight is 417 g/mol. The van der Waals surface area contributed by atoms with Crippen molar-refractivity contribution in [1.29, 1.82) is 0 Å². The molecule has 1 aromatic heterocycles. The quantitative estimate of drug-likeness (QED) is 0.742. The molecular formula is C21H21F2N3O4. The van der Waals surface area contributed by atoms with Gasteiger partial charge in [-0.3, -0.25) is 4.79 Å². The Morgan fingerprint density at radius 2 is 2.17 bits per heavy atom. The van der Waals surface area contributed by atoms with Gasteiger partial charge in [0.1, 0.15) is 17.4 Å². The zero-order valence-corrected chi connectivity index (χ0v) is 16.3. The molecule has 158 valence electrons. The van der Waals surface area contributed by atoms with E-state index in [-0.39, 0.29) is 28.8 Å². The van der Waals surface area contributed by atoms with E-state index in [1.165, 1.54) is 11.7 Å². The van der Waals surface area contributed by atoms with Crippen molar-refractivity contribution < 1.29 is 23.4 Å². The number of carbonyl (C=O) groups is 1. The minimum Gasteiger partial charge on any atom is -0.492 e. The number of pyridine rings is 1. The van der Waals surface area contributed by atoms with E-state index in [4.69, 9.17) is 10.5 Å². The van der Waals surface area contributed by atoms with E-state index >= 15 is 4.39 Å². The number of fused-ring (bicyclic) bond motifs is 2. The smallest absolute Gasteiger partial charge is 0.341 e. The van der Waals surface area contributed by atoms with E-state index < -0.39 is 40.5 Å². The average Bonchev–Trinajstić information content (AvgIpc) is 3.16. The first-order chi connectivity index (χ1) is 14.2. The van der Waals surface area contributed by atoms with Gasteiger partial charge in [0.05, 0.1) is 29.6 Å². The molecule has 30 heavy (non-hydrogen) atoms. The lowest BCUT2D eigenvalue weighted by Gasteiger charge is -2.26. The van der Waals surface area contributed by atoms with Crippen LogP contribution in [0.2, 0.25) is 0 Å². The highest BCUT2D eigenvalue weighted by Gasteiger charge is 2.44. The number of aromatic nitrogens is 1. The van der Waals surface area contributed by atoms with Crippen LogP contribution in [0.1, 0.15) is 35.7 Å². The summed E-state index contributed by atoms with van der Waals surface area (Å²) in [5.41, 5.74) is 5.99. The molecule has 0 spiro atoms. The van der Waals surface area contributed by atoms with Crippen LogP contribution in [0.25, 0.3) is 10.9 Å². The van der Waals surface area contributed by atoms with Crippen LogP contribution in [0.3, 0.4) is 0 Å². The molecule has 0 bridgehead atoms. The Morgan fingerprint density at radius 1 is 1.43 bits per heavy atom. The van der Waals surface area contributed by atoms with Crippen LogP contribution in [0.4, 0.5) is 14.5 Å². The number of carboxylic acids is 1. The topological polar surface area (TPSA) is 97.8 Å². The van der Waals surface area contributed by atoms with E-state index in [1.807, 2.05) is 0 Å².